The molecule has 0 amide bonds. The lowest BCUT2D eigenvalue weighted by atomic mass is 10.2. The van der Waals surface area contributed by atoms with Crippen molar-refractivity contribution in [2.24, 2.45) is 5.92 Å². The van der Waals surface area contributed by atoms with Gasteiger partial charge in [0.05, 0.1) is 13.1 Å². The van der Waals surface area contributed by atoms with Gasteiger partial charge in [-0.2, -0.15) is 13.2 Å². The molecule has 0 fully saturated rings. The third-order valence-electron chi connectivity index (χ3n) is 1.78. The standard InChI is InChI=1S/C9H16F3NO3/c1-7(5-16-2)3-13(4-8(14)15)6-9(10,11)12/h7H,3-6H2,1-2H3,(H,14,15). The number of halogens is 3. The van der Waals surface area contributed by atoms with Crippen LogP contribution in [0.15, 0.2) is 0 Å². The van der Waals surface area contributed by atoms with Crippen LogP contribution in [-0.4, -0.2) is 55.5 Å². The van der Waals surface area contributed by atoms with E-state index in [9.17, 15) is 18.0 Å². The summed E-state index contributed by atoms with van der Waals surface area (Å²) in [5.41, 5.74) is 0. The molecule has 0 aliphatic rings. The fourth-order valence-electron chi connectivity index (χ4n) is 1.41. The molecule has 0 aromatic rings. The smallest absolute Gasteiger partial charge is 0.401 e. The molecule has 0 aromatic heterocycles. The predicted octanol–water partition coefficient (Wildman–Crippen LogP) is 1.22. The van der Waals surface area contributed by atoms with Crippen LogP contribution in [0.1, 0.15) is 6.92 Å². The number of hydrogen-bond donors (Lipinski definition) is 1. The van der Waals surface area contributed by atoms with Gasteiger partial charge in [0.2, 0.25) is 0 Å². The molecular weight excluding hydrogens is 227 g/mol. The van der Waals surface area contributed by atoms with Crippen LogP contribution in [0.5, 0.6) is 0 Å². The van der Waals surface area contributed by atoms with Crippen molar-refractivity contribution in [1.29, 1.82) is 0 Å². The van der Waals surface area contributed by atoms with E-state index in [-0.39, 0.29) is 12.5 Å². The van der Waals surface area contributed by atoms with Crippen LogP contribution in [-0.2, 0) is 9.53 Å². The van der Waals surface area contributed by atoms with E-state index < -0.39 is 25.2 Å². The Kier molecular flexibility index (Phi) is 6.35. The lowest BCUT2D eigenvalue weighted by Gasteiger charge is -2.24. The van der Waals surface area contributed by atoms with E-state index in [0.717, 1.165) is 4.90 Å². The number of carboxylic acids is 1. The molecule has 0 bridgehead atoms. The summed E-state index contributed by atoms with van der Waals surface area (Å²) in [4.78, 5) is 11.2. The van der Waals surface area contributed by atoms with E-state index >= 15 is 0 Å². The number of aliphatic carboxylic acids is 1. The zero-order chi connectivity index (χ0) is 12.8. The first-order valence-electron chi connectivity index (χ1n) is 4.74. The molecule has 0 aliphatic heterocycles. The second-order valence-electron chi connectivity index (χ2n) is 3.74. The maximum Gasteiger partial charge on any atom is 0.401 e. The molecule has 0 saturated carbocycles. The van der Waals surface area contributed by atoms with Crippen molar-refractivity contribution in [3.8, 4) is 0 Å². The van der Waals surface area contributed by atoms with Crippen LogP contribution < -0.4 is 0 Å². The number of nitrogens with zero attached hydrogens (tertiary/aromatic N) is 1. The first-order valence-corrected chi connectivity index (χ1v) is 4.74. The van der Waals surface area contributed by atoms with Crippen molar-refractivity contribution in [2.45, 2.75) is 13.1 Å². The summed E-state index contributed by atoms with van der Waals surface area (Å²) in [7, 11) is 1.45. The highest BCUT2D eigenvalue weighted by Gasteiger charge is 2.31. The van der Waals surface area contributed by atoms with E-state index in [2.05, 4.69) is 0 Å². The van der Waals surface area contributed by atoms with Crippen molar-refractivity contribution in [2.75, 3.05) is 33.4 Å². The molecule has 0 aromatic carbocycles. The zero-order valence-electron chi connectivity index (χ0n) is 9.25. The molecule has 0 heterocycles. The highest BCUT2D eigenvalue weighted by atomic mass is 19.4. The summed E-state index contributed by atoms with van der Waals surface area (Å²) in [6, 6.07) is 0. The second-order valence-corrected chi connectivity index (χ2v) is 3.74. The number of hydrogen-bond acceptors (Lipinski definition) is 3. The number of rotatable bonds is 7. The highest BCUT2D eigenvalue weighted by Crippen LogP contribution is 2.17. The van der Waals surface area contributed by atoms with E-state index in [1.54, 1.807) is 6.92 Å². The summed E-state index contributed by atoms with van der Waals surface area (Å²) < 4.78 is 41.2. The van der Waals surface area contributed by atoms with Crippen molar-refractivity contribution in [3.63, 3.8) is 0 Å². The number of carboxylic acid groups (broad SMARTS) is 1. The Morgan fingerprint density at radius 3 is 2.44 bits per heavy atom. The first kappa shape index (κ1) is 15.2. The molecule has 1 unspecified atom stereocenters. The minimum atomic E-state index is -4.39. The van der Waals surface area contributed by atoms with Gasteiger partial charge in [-0.15, -0.1) is 0 Å². The Balaban J connectivity index is 4.25. The summed E-state index contributed by atoms with van der Waals surface area (Å²) >= 11 is 0. The average Bonchev–Trinajstić information content (AvgIpc) is 1.98. The normalized spacial score (nSPS) is 14.1. The molecule has 96 valence electrons. The van der Waals surface area contributed by atoms with E-state index in [0.29, 0.717) is 6.61 Å². The van der Waals surface area contributed by atoms with Crippen molar-refractivity contribution in [1.82, 2.24) is 4.90 Å². The Morgan fingerprint density at radius 2 is 2.06 bits per heavy atom. The van der Waals surface area contributed by atoms with Gasteiger partial charge >= 0.3 is 12.1 Å². The van der Waals surface area contributed by atoms with Gasteiger partial charge < -0.3 is 9.84 Å². The van der Waals surface area contributed by atoms with Gasteiger partial charge in [0.15, 0.2) is 0 Å². The Morgan fingerprint density at radius 1 is 1.50 bits per heavy atom. The van der Waals surface area contributed by atoms with Gasteiger partial charge in [-0.05, 0) is 5.92 Å². The predicted molar refractivity (Wildman–Crippen MR) is 51.2 cm³/mol. The largest absolute Gasteiger partial charge is 0.480 e. The average molecular weight is 243 g/mol. The van der Waals surface area contributed by atoms with Gasteiger partial charge in [-0.3, -0.25) is 9.69 Å². The summed E-state index contributed by atoms with van der Waals surface area (Å²) in [5, 5.41) is 8.48. The topological polar surface area (TPSA) is 49.8 Å². The molecule has 0 radical (unpaired) electrons. The molecule has 0 saturated heterocycles. The molecule has 7 heteroatoms. The summed E-state index contributed by atoms with van der Waals surface area (Å²) in [6.45, 7) is 0.212. The van der Waals surface area contributed by atoms with E-state index in [4.69, 9.17) is 9.84 Å². The Labute approximate surface area is 92.0 Å². The van der Waals surface area contributed by atoms with Crippen LogP contribution in [0.4, 0.5) is 13.2 Å². The lowest BCUT2D eigenvalue weighted by molar-refractivity contribution is -0.155. The second kappa shape index (κ2) is 6.70. The van der Waals surface area contributed by atoms with Crippen LogP contribution in [0.25, 0.3) is 0 Å². The van der Waals surface area contributed by atoms with Crippen LogP contribution in [0.2, 0.25) is 0 Å². The molecule has 0 aliphatic carbocycles. The third kappa shape index (κ3) is 8.49. The molecular formula is C9H16F3NO3. The number of methoxy groups -OCH3 is 1. The Hall–Kier alpha value is -0.820. The molecule has 4 nitrogen and oxygen atoms in total. The van der Waals surface area contributed by atoms with Gasteiger partial charge in [0, 0.05) is 20.3 Å². The number of alkyl halides is 3. The highest BCUT2D eigenvalue weighted by molar-refractivity contribution is 5.69. The number of carbonyl (C=O) groups is 1. The van der Waals surface area contributed by atoms with Gasteiger partial charge in [0.1, 0.15) is 0 Å². The van der Waals surface area contributed by atoms with E-state index in [1.165, 1.54) is 7.11 Å². The first-order chi connectivity index (χ1) is 7.24. The van der Waals surface area contributed by atoms with E-state index in [1.807, 2.05) is 0 Å². The molecule has 1 atom stereocenters. The van der Waals surface area contributed by atoms with Gasteiger partial charge in [-0.1, -0.05) is 6.92 Å². The molecule has 0 spiro atoms. The summed E-state index contributed by atoms with van der Waals surface area (Å²) in [6.07, 6.45) is -4.39. The monoisotopic (exact) mass is 243 g/mol. The Bertz CT molecular complexity index is 221. The summed E-state index contributed by atoms with van der Waals surface area (Å²) in [5.74, 6) is -1.42. The van der Waals surface area contributed by atoms with Crippen LogP contribution in [0, 0.1) is 5.92 Å². The minimum absolute atomic E-state index is 0.0413. The van der Waals surface area contributed by atoms with Crippen molar-refractivity contribution >= 4 is 5.97 Å². The lowest BCUT2D eigenvalue weighted by Crippen LogP contribution is -2.40. The van der Waals surface area contributed by atoms with Gasteiger partial charge in [0.25, 0.3) is 0 Å². The minimum Gasteiger partial charge on any atom is -0.480 e. The maximum atomic E-state index is 12.1. The fourth-order valence-corrected chi connectivity index (χ4v) is 1.41. The van der Waals surface area contributed by atoms with Crippen LogP contribution in [0.3, 0.4) is 0 Å². The zero-order valence-corrected chi connectivity index (χ0v) is 9.25. The van der Waals surface area contributed by atoms with Crippen LogP contribution >= 0.6 is 0 Å². The SMILES string of the molecule is COCC(C)CN(CC(=O)O)CC(F)(F)F. The fraction of sp³-hybridized carbons (Fsp3) is 0.889. The van der Waals surface area contributed by atoms with Crippen molar-refractivity contribution in [3.05, 3.63) is 0 Å². The molecule has 1 N–H and O–H groups in total. The van der Waals surface area contributed by atoms with Crippen molar-refractivity contribution < 1.29 is 27.8 Å². The number of ether oxygens (including phenoxy) is 1. The van der Waals surface area contributed by atoms with Gasteiger partial charge in [-0.25, -0.2) is 0 Å². The molecule has 16 heavy (non-hydrogen) atoms. The molecule has 0 rings (SSSR count). The maximum absolute atomic E-state index is 12.1. The third-order valence-corrected chi connectivity index (χ3v) is 1.78. The quantitative estimate of drug-likeness (QED) is 0.730.